The predicted molar refractivity (Wildman–Crippen MR) is 272 cm³/mol. The van der Waals surface area contributed by atoms with Crippen LogP contribution in [0.2, 0.25) is 0 Å². The van der Waals surface area contributed by atoms with Crippen LogP contribution in [0.5, 0.6) is 0 Å². The fourth-order valence-electron chi connectivity index (χ4n) is 16.4. The molecule has 5 heterocycles. The zero-order valence-corrected chi connectivity index (χ0v) is 48.2. The van der Waals surface area contributed by atoms with Gasteiger partial charge in [-0.1, -0.05) is 59.6 Å². The third-order valence-electron chi connectivity index (χ3n) is 20.8. The number of carbonyl (C=O) groups is 1. The first-order chi connectivity index (χ1) is 37.8. The van der Waals surface area contributed by atoms with E-state index in [0.29, 0.717) is 44.4 Å². The average Bonchev–Trinajstić information content (AvgIpc) is 1.90. The average molecular weight is 1180 g/mol. The molecule has 26 nitrogen and oxygen atoms in total. The van der Waals surface area contributed by atoms with Crippen LogP contribution in [0.3, 0.4) is 0 Å². The van der Waals surface area contributed by atoms with E-state index >= 15 is 0 Å². The fourth-order valence-corrected chi connectivity index (χ4v) is 16.9. The first kappa shape index (κ1) is 63.8. The van der Waals surface area contributed by atoms with Crippen LogP contribution >= 0.6 is 0 Å². The summed E-state index contributed by atoms with van der Waals surface area (Å²) in [4.78, 5) is 14.5. The van der Waals surface area contributed by atoms with E-state index in [1.165, 1.54) is 14.0 Å². The Bertz CT molecular complexity index is 2380. The molecular formula is C54H87O26S-. The molecule has 8 fully saturated rings. The van der Waals surface area contributed by atoms with Crippen molar-refractivity contribution in [2.75, 3.05) is 26.9 Å². The summed E-state index contributed by atoms with van der Waals surface area (Å²) in [5.74, 6) is -0.449. The van der Waals surface area contributed by atoms with Gasteiger partial charge in [-0.2, -0.15) is 0 Å². The highest BCUT2D eigenvalue weighted by atomic mass is 32.3. The molecule has 27 heteroatoms. The summed E-state index contributed by atoms with van der Waals surface area (Å²) in [5, 5.41) is 124. The highest BCUT2D eigenvalue weighted by molar-refractivity contribution is 7.80. The van der Waals surface area contributed by atoms with Gasteiger partial charge in [0.05, 0.1) is 38.1 Å². The number of cyclic esters (lactones) is 1. The van der Waals surface area contributed by atoms with Crippen molar-refractivity contribution in [1.29, 1.82) is 0 Å². The molecule has 4 aliphatic carbocycles. The summed E-state index contributed by atoms with van der Waals surface area (Å²) in [7, 11) is -4.26. The number of ether oxygens (including phenoxy) is 10. The Morgan fingerprint density at radius 3 is 1.91 bits per heavy atom. The van der Waals surface area contributed by atoms with Crippen molar-refractivity contribution in [2.24, 2.45) is 39.4 Å². The van der Waals surface area contributed by atoms with Crippen molar-refractivity contribution >= 4 is 16.4 Å². The standard InChI is InChI=1S/C54H88O26S/c1-23(2)11-10-15-52(8)53(66)18-17-51(7)25-12-13-30-49(4,5)32(14-16-50(30,6)26(25)19-31(57)54(51,53)48(65)79-52)75-47-43(35(60)29(22-71-47)80-81(67,68)69)78-44-37(62)36(61)40(24(3)72-44)76-46-39(64)42(34(59)28(21-56)74-46)77-45-38(63)41(70-9)33(58)27(20-55)73-45/h19,23-25,27-47,55-64,66H,10-18,20-22H2,1-9H3,(H,67,68,69)/p-1/t24-,25-,27-,28-,29-,30+,31+,32+,33-,34-,35+,36-,37-,38-,39-,40-,41+,42+,43-,44+,45+,46+,47+,50-,51+,52+,53+,54-/m1/s1. The number of fused-ring (bicyclic) bond motifs is 4. The molecule has 0 amide bonds. The zero-order chi connectivity index (χ0) is 59.5. The van der Waals surface area contributed by atoms with Gasteiger partial charge in [-0.05, 0) is 99.2 Å². The monoisotopic (exact) mass is 1180 g/mol. The SMILES string of the molecule is CO[C@@H]1[C@@H](O)[C@H](O[C@@H]2[C@@H](O)[C@H](O[C@H]3[C@H](O)[C@@H](O)[C@H](O[C@H]4[C@H](O[C@H]5CC[C@]6(C)C7=C[C@H](O)[C@]89C(=O)O[C@@](C)(CCCC(C)C)[C@@]8(O)CC[C@@]9(C)[C@@H]7CC[C@H]6C5(C)C)OC[C@@H](OS(=O)(=O)[O-])[C@@H]4O)O[C@@H]3C)O[C@H](CO)[C@H]2O)O[C@H](CO)[C@H]1O. The number of aliphatic hydroxyl groups is 11. The van der Waals surface area contributed by atoms with E-state index < -0.39 is 198 Å². The molecular weight excluding hydrogens is 1100 g/mol. The van der Waals surface area contributed by atoms with Crippen LogP contribution in [0.15, 0.2) is 11.6 Å². The van der Waals surface area contributed by atoms with Crippen molar-refractivity contribution in [2.45, 2.75) is 253 Å². The lowest BCUT2D eigenvalue weighted by atomic mass is 9.40. The van der Waals surface area contributed by atoms with Gasteiger partial charge in [0.2, 0.25) is 10.4 Å². The van der Waals surface area contributed by atoms with Gasteiger partial charge in [-0.15, -0.1) is 0 Å². The van der Waals surface area contributed by atoms with Crippen LogP contribution in [0, 0.1) is 39.4 Å². The molecule has 9 rings (SSSR count). The second kappa shape index (κ2) is 23.1. The topological polar surface area (TPSA) is 398 Å². The van der Waals surface area contributed by atoms with Crippen LogP contribution in [-0.4, -0.2) is 242 Å². The van der Waals surface area contributed by atoms with Gasteiger partial charge in [0.15, 0.2) is 25.2 Å². The quantitative estimate of drug-likeness (QED) is 0.0253. The summed E-state index contributed by atoms with van der Waals surface area (Å²) < 4.78 is 99.7. The number of hydrogen-bond donors (Lipinski definition) is 11. The number of methoxy groups -OCH3 is 1. The maximum atomic E-state index is 14.5. The van der Waals surface area contributed by atoms with Crippen LogP contribution in [0.1, 0.15) is 113 Å². The maximum Gasteiger partial charge on any atom is 0.319 e. The molecule has 0 aromatic carbocycles. The molecule has 11 N–H and O–H groups in total. The van der Waals surface area contributed by atoms with E-state index in [9.17, 15) is 73.9 Å². The number of aliphatic hydroxyl groups excluding tert-OH is 10. The van der Waals surface area contributed by atoms with E-state index in [1.807, 2.05) is 33.8 Å². The molecule has 0 bridgehead atoms. The third-order valence-corrected chi connectivity index (χ3v) is 21.3. The number of rotatable bonds is 17. The molecule has 3 saturated carbocycles. The Labute approximate surface area is 471 Å². The van der Waals surface area contributed by atoms with Gasteiger partial charge in [0, 0.05) is 7.11 Å². The van der Waals surface area contributed by atoms with Crippen molar-refractivity contribution in [3.05, 3.63) is 11.6 Å². The van der Waals surface area contributed by atoms with Gasteiger partial charge >= 0.3 is 5.97 Å². The van der Waals surface area contributed by atoms with E-state index in [2.05, 4.69) is 25.0 Å². The van der Waals surface area contributed by atoms with Gasteiger partial charge < -0.3 is 108 Å². The van der Waals surface area contributed by atoms with Crippen molar-refractivity contribution in [3.8, 4) is 0 Å². The summed E-state index contributed by atoms with van der Waals surface area (Å²) in [6.07, 6.45) is -27.6. The van der Waals surface area contributed by atoms with Crippen LogP contribution in [-0.2, 0) is 66.7 Å². The Balaban J connectivity index is 0.911. The van der Waals surface area contributed by atoms with Crippen LogP contribution in [0.4, 0.5) is 0 Å². The smallest absolute Gasteiger partial charge is 0.319 e. The van der Waals surface area contributed by atoms with Crippen LogP contribution < -0.4 is 0 Å². The molecule has 28 atom stereocenters. The molecule has 81 heavy (non-hydrogen) atoms. The molecule has 9 aliphatic rings. The minimum absolute atomic E-state index is 0.119. The Morgan fingerprint density at radius 2 is 1.31 bits per heavy atom. The summed E-state index contributed by atoms with van der Waals surface area (Å²) in [5.41, 5.74) is -5.47. The largest absolute Gasteiger partial charge is 0.726 e. The molecule has 5 saturated heterocycles. The lowest BCUT2D eigenvalue weighted by Crippen LogP contribution is -2.68. The van der Waals surface area contributed by atoms with Gasteiger partial charge in [-0.25, -0.2) is 8.42 Å². The predicted octanol–water partition coefficient (Wildman–Crippen LogP) is -1.74. The van der Waals surface area contributed by atoms with Crippen molar-refractivity contribution in [1.82, 2.24) is 0 Å². The first-order valence-electron chi connectivity index (χ1n) is 28.5. The lowest BCUT2D eigenvalue weighted by molar-refractivity contribution is -0.389. The number of esters is 1. The van der Waals surface area contributed by atoms with Gasteiger partial charge in [0.1, 0.15) is 102 Å². The second-order valence-corrected chi connectivity index (χ2v) is 27.0. The highest BCUT2D eigenvalue weighted by Gasteiger charge is 2.85. The van der Waals surface area contributed by atoms with E-state index in [0.717, 1.165) is 18.4 Å². The summed E-state index contributed by atoms with van der Waals surface area (Å²) >= 11 is 0. The van der Waals surface area contributed by atoms with Gasteiger partial charge in [-0.3, -0.25) is 8.98 Å². The Hall–Kier alpha value is -1.72. The molecule has 0 unspecified atom stereocenters. The second-order valence-electron chi connectivity index (χ2n) is 26.0. The van der Waals surface area contributed by atoms with Crippen molar-refractivity contribution in [3.63, 3.8) is 0 Å². The normalized spacial score (nSPS) is 51.7. The first-order valence-corrected chi connectivity index (χ1v) is 29.8. The Morgan fingerprint density at radius 1 is 0.716 bits per heavy atom. The number of carbonyl (C=O) groups excluding carboxylic acids is 1. The Kier molecular flexibility index (Phi) is 18.2. The van der Waals surface area contributed by atoms with E-state index in [-0.39, 0.29) is 18.3 Å². The minimum atomic E-state index is -5.44. The van der Waals surface area contributed by atoms with Gasteiger partial charge in [0.25, 0.3) is 0 Å². The van der Waals surface area contributed by atoms with E-state index in [4.69, 9.17) is 47.4 Å². The van der Waals surface area contributed by atoms with Crippen molar-refractivity contribution < 1.29 is 125 Å². The highest BCUT2D eigenvalue weighted by Crippen LogP contribution is 2.77. The maximum absolute atomic E-state index is 14.5. The molecule has 5 aliphatic heterocycles. The fraction of sp³-hybridized carbons (Fsp3) is 0.944. The number of hydrogen-bond acceptors (Lipinski definition) is 26. The summed E-state index contributed by atoms with van der Waals surface area (Å²) in [6.45, 7) is 13.4. The summed E-state index contributed by atoms with van der Waals surface area (Å²) in [6, 6.07) is 0. The van der Waals surface area contributed by atoms with Crippen LogP contribution in [0.25, 0.3) is 0 Å². The number of allylic oxidation sites excluding steroid dienone is 1. The lowest BCUT2D eigenvalue weighted by Gasteiger charge is -2.64. The minimum Gasteiger partial charge on any atom is -0.726 e. The third kappa shape index (κ3) is 10.4. The zero-order valence-electron chi connectivity index (χ0n) is 47.4. The molecule has 0 aromatic rings. The molecule has 0 aromatic heterocycles. The molecule has 1 spiro atoms. The molecule has 466 valence electrons. The van der Waals surface area contributed by atoms with E-state index in [1.54, 1.807) is 0 Å². The molecule has 0 radical (unpaired) electrons.